The van der Waals surface area contributed by atoms with Crippen LogP contribution in [-0.2, 0) is 0 Å². The van der Waals surface area contributed by atoms with Crippen LogP contribution in [-0.4, -0.2) is 37.0 Å². The number of guanidine groups is 1. The van der Waals surface area contributed by atoms with E-state index in [0.717, 1.165) is 25.0 Å². The molecule has 0 bridgehead atoms. The molecule has 3 nitrogen and oxygen atoms in total. The summed E-state index contributed by atoms with van der Waals surface area (Å²) in [5, 5.41) is 3.48. The Morgan fingerprint density at radius 2 is 2.14 bits per heavy atom. The molecule has 1 N–H and O–H groups in total. The first-order valence-corrected chi connectivity index (χ1v) is 5.61. The van der Waals surface area contributed by atoms with Gasteiger partial charge in [-0.25, -0.2) is 0 Å². The number of hydrogen-bond donors (Lipinski definition) is 1. The van der Waals surface area contributed by atoms with Crippen LogP contribution in [0.15, 0.2) is 4.99 Å². The van der Waals surface area contributed by atoms with Crippen LogP contribution in [0.25, 0.3) is 0 Å². The van der Waals surface area contributed by atoms with E-state index < -0.39 is 0 Å². The third kappa shape index (κ3) is 3.56. The maximum absolute atomic E-state index is 4.49. The molecule has 0 aromatic rings. The fourth-order valence-corrected chi connectivity index (χ4v) is 1.86. The molecule has 1 rings (SSSR count). The molecule has 1 unspecified atom stereocenters. The Bertz CT molecular complexity index is 199. The van der Waals surface area contributed by atoms with E-state index in [2.05, 4.69) is 43.0 Å². The van der Waals surface area contributed by atoms with Gasteiger partial charge in [0.1, 0.15) is 0 Å². The second-order valence-corrected chi connectivity index (χ2v) is 4.66. The lowest BCUT2D eigenvalue weighted by molar-refractivity contribution is 0.417. The lowest BCUT2D eigenvalue weighted by atomic mass is 10.1. The van der Waals surface area contributed by atoms with Crippen molar-refractivity contribution in [2.45, 2.75) is 39.7 Å². The van der Waals surface area contributed by atoms with Crippen molar-refractivity contribution in [3.8, 4) is 0 Å². The van der Waals surface area contributed by atoms with Gasteiger partial charge < -0.3 is 10.2 Å². The van der Waals surface area contributed by atoms with E-state index in [4.69, 9.17) is 0 Å². The minimum absolute atomic E-state index is 0.522. The summed E-state index contributed by atoms with van der Waals surface area (Å²) in [4.78, 5) is 6.70. The van der Waals surface area contributed by atoms with E-state index in [-0.39, 0.29) is 0 Å². The molecule has 0 fully saturated rings. The van der Waals surface area contributed by atoms with Gasteiger partial charge >= 0.3 is 0 Å². The van der Waals surface area contributed by atoms with Crippen molar-refractivity contribution < 1.29 is 0 Å². The summed E-state index contributed by atoms with van der Waals surface area (Å²) in [6.45, 7) is 8.83. The van der Waals surface area contributed by atoms with E-state index in [1.165, 1.54) is 12.8 Å². The van der Waals surface area contributed by atoms with Crippen LogP contribution >= 0.6 is 0 Å². The summed E-state index contributed by atoms with van der Waals surface area (Å²) in [5.74, 6) is 1.82. The minimum atomic E-state index is 0.522. The summed E-state index contributed by atoms with van der Waals surface area (Å²) in [6, 6.07) is 0.522. The van der Waals surface area contributed by atoms with E-state index in [1.54, 1.807) is 0 Å². The second kappa shape index (κ2) is 5.23. The van der Waals surface area contributed by atoms with Crippen molar-refractivity contribution in [3.05, 3.63) is 0 Å². The molecule has 82 valence electrons. The van der Waals surface area contributed by atoms with Crippen LogP contribution < -0.4 is 5.32 Å². The fourth-order valence-electron chi connectivity index (χ4n) is 1.86. The molecule has 1 atom stereocenters. The summed E-state index contributed by atoms with van der Waals surface area (Å²) in [7, 11) is 2.10. The van der Waals surface area contributed by atoms with Gasteiger partial charge in [-0.15, -0.1) is 0 Å². The highest BCUT2D eigenvalue weighted by atomic mass is 15.3. The summed E-state index contributed by atoms with van der Waals surface area (Å²) in [6.07, 6.45) is 2.38. The van der Waals surface area contributed by atoms with Crippen molar-refractivity contribution >= 4 is 5.96 Å². The molecule has 1 aliphatic rings. The SMILES string of the molecule is CC(C)CC(C)NC1=NCCCN1C. The Balaban J connectivity index is 2.38. The van der Waals surface area contributed by atoms with Crippen LogP contribution in [0.1, 0.15) is 33.6 Å². The van der Waals surface area contributed by atoms with E-state index in [1.807, 2.05) is 0 Å². The van der Waals surface area contributed by atoms with Crippen molar-refractivity contribution in [2.24, 2.45) is 10.9 Å². The minimum Gasteiger partial charge on any atom is -0.354 e. The molecule has 0 aliphatic carbocycles. The van der Waals surface area contributed by atoms with Crippen LogP contribution in [0.2, 0.25) is 0 Å². The van der Waals surface area contributed by atoms with Gasteiger partial charge in [-0.3, -0.25) is 4.99 Å². The van der Waals surface area contributed by atoms with E-state index >= 15 is 0 Å². The maximum Gasteiger partial charge on any atom is 0.193 e. The molecule has 0 saturated heterocycles. The second-order valence-electron chi connectivity index (χ2n) is 4.66. The lowest BCUT2D eigenvalue weighted by Crippen LogP contribution is -2.46. The van der Waals surface area contributed by atoms with Gasteiger partial charge in [-0.1, -0.05) is 13.8 Å². The predicted octanol–water partition coefficient (Wildman–Crippen LogP) is 1.70. The molecule has 0 aromatic carbocycles. The molecule has 3 heteroatoms. The van der Waals surface area contributed by atoms with Crippen LogP contribution in [0.5, 0.6) is 0 Å². The average molecular weight is 197 g/mol. The van der Waals surface area contributed by atoms with Crippen molar-refractivity contribution in [1.29, 1.82) is 0 Å². The van der Waals surface area contributed by atoms with Gasteiger partial charge in [0.15, 0.2) is 5.96 Å². The quantitative estimate of drug-likeness (QED) is 0.746. The molecule has 0 radical (unpaired) electrons. The number of nitrogens with one attached hydrogen (secondary N) is 1. The molecule has 1 aliphatic heterocycles. The summed E-state index contributed by atoms with van der Waals surface area (Å²) < 4.78 is 0. The van der Waals surface area contributed by atoms with Crippen molar-refractivity contribution in [2.75, 3.05) is 20.1 Å². The van der Waals surface area contributed by atoms with Gasteiger partial charge in [0.05, 0.1) is 0 Å². The predicted molar refractivity (Wildman–Crippen MR) is 61.6 cm³/mol. The third-order valence-corrected chi connectivity index (χ3v) is 2.48. The molecule has 0 aromatic heterocycles. The molecular formula is C11H23N3. The average Bonchev–Trinajstić information content (AvgIpc) is 2.07. The number of rotatable bonds is 3. The van der Waals surface area contributed by atoms with Gasteiger partial charge in [0, 0.05) is 26.2 Å². The Labute approximate surface area is 87.6 Å². The molecule has 1 heterocycles. The summed E-state index contributed by atoms with van der Waals surface area (Å²) >= 11 is 0. The Morgan fingerprint density at radius 3 is 2.71 bits per heavy atom. The van der Waals surface area contributed by atoms with Crippen molar-refractivity contribution in [3.63, 3.8) is 0 Å². The maximum atomic E-state index is 4.49. The summed E-state index contributed by atoms with van der Waals surface area (Å²) in [5.41, 5.74) is 0. The van der Waals surface area contributed by atoms with Crippen LogP contribution in [0.4, 0.5) is 0 Å². The first-order chi connectivity index (χ1) is 6.59. The van der Waals surface area contributed by atoms with Gasteiger partial charge in [-0.05, 0) is 25.7 Å². The first-order valence-electron chi connectivity index (χ1n) is 5.61. The van der Waals surface area contributed by atoms with Gasteiger partial charge in [0.25, 0.3) is 0 Å². The highest BCUT2D eigenvalue weighted by Crippen LogP contribution is 2.05. The topological polar surface area (TPSA) is 27.6 Å². The Hall–Kier alpha value is -0.730. The van der Waals surface area contributed by atoms with Crippen LogP contribution in [0, 0.1) is 5.92 Å². The smallest absolute Gasteiger partial charge is 0.193 e. The van der Waals surface area contributed by atoms with Gasteiger partial charge in [-0.2, -0.15) is 0 Å². The monoisotopic (exact) mass is 197 g/mol. The third-order valence-electron chi connectivity index (χ3n) is 2.48. The highest BCUT2D eigenvalue weighted by Gasteiger charge is 2.13. The number of aliphatic imine (C=N–C) groups is 1. The van der Waals surface area contributed by atoms with E-state index in [0.29, 0.717) is 6.04 Å². The van der Waals surface area contributed by atoms with Gasteiger partial charge in [0.2, 0.25) is 0 Å². The Kier molecular flexibility index (Phi) is 4.23. The van der Waals surface area contributed by atoms with E-state index in [9.17, 15) is 0 Å². The molecular weight excluding hydrogens is 174 g/mol. The highest BCUT2D eigenvalue weighted by molar-refractivity contribution is 5.80. The standard InChI is InChI=1S/C11H23N3/c1-9(2)8-10(3)13-11-12-6-5-7-14(11)4/h9-10H,5-8H2,1-4H3,(H,12,13). The van der Waals surface area contributed by atoms with Crippen molar-refractivity contribution in [1.82, 2.24) is 10.2 Å². The molecule has 0 amide bonds. The zero-order chi connectivity index (χ0) is 10.6. The number of nitrogens with zero attached hydrogens (tertiary/aromatic N) is 2. The largest absolute Gasteiger partial charge is 0.354 e. The lowest BCUT2D eigenvalue weighted by Gasteiger charge is -2.28. The Morgan fingerprint density at radius 1 is 1.43 bits per heavy atom. The normalized spacial score (nSPS) is 19.5. The molecule has 0 spiro atoms. The first kappa shape index (κ1) is 11.3. The zero-order valence-electron chi connectivity index (χ0n) is 9.88. The van der Waals surface area contributed by atoms with Crippen LogP contribution in [0.3, 0.4) is 0 Å². The molecule has 0 saturated carbocycles. The zero-order valence-corrected chi connectivity index (χ0v) is 9.88. The fraction of sp³-hybridized carbons (Fsp3) is 0.909. The number of hydrogen-bond acceptors (Lipinski definition) is 3. The molecule has 14 heavy (non-hydrogen) atoms.